The van der Waals surface area contributed by atoms with Crippen LogP contribution in [-0.4, -0.2) is 52.3 Å². The fraction of sp³-hybridized carbons (Fsp3) is 0.706. The number of carbonyl (C=O) groups excluding carboxylic acids is 4. The Bertz CT molecular complexity index is 649. The Hall–Kier alpha value is -2.63. The third-order valence-electron chi connectivity index (χ3n) is 4.26. The summed E-state index contributed by atoms with van der Waals surface area (Å²) < 4.78 is 5.18. The molecule has 0 aromatic rings. The van der Waals surface area contributed by atoms with Gasteiger partial charge in [-0.15, -0.1) is 0 Å². The van der Waals surface area contributed by atoms with Gasteiger partial charge in [-0.1, -0.05) is 20.3 Å². The Morgan fingerprint density at radius 3 is 2.42 bits per heavy atom. The molecular weight excluding hydrogens is 340 g/mol. The molecule has 3 N–H and O–H groups in total. The van der Waals surface area contributed by atoms with Crippen molar-refractivity contribution in [2.75, 3.05) is 6.54 Å². The molecule has 0 radical (unpaired) electrons. The number of nitrogens with zero attached hydrogens (tertiary/aromatic N) is 2. The molecule has 0 unspecified atom stereocenters. The molecular formula is C17H26N4O5. The summed E-state index contributed by atoms with van der Waals surface area (Å²) >= 11 is 0. The van der Waals surface area contributed by atoms with Crippen molar-refractivity contribution in [1.82, 2.24) is 10.2 Å². The second kappa shape index (κ2) is 7.72. The number of amides is 3. The van der Waals surface area contributed by atoms with Crippen molar-refractivity contribution in [1.29, 1.82) is 5.26 Å². The van der Waals surface area contributed by atoms with E-state index in [9.17, 15) is 24.4 Å². The minimum absolute atomic E-state index is 0.324. The van der Waals surface area contributed by atoms with Crippen molar-refractivity contribution in [3.05, 3.63) is 0 Å². The molecule has 0 aliphatic carbocycles. The summed E-state index contributed by atoms with van der Waals surface area (Å²) in [6, 6.07) is 0.645. The van der Waals surface area contributed by atoms with E-state index in [1.807, 2.05) is 6.92 Å². The highest BCUT2D eigenvalue weighted by Crippen LogP contribution is 2.28. The summed E-state index contributed by atoms with van der Waals surface area (Å²) in [7, 11) is 0. The minimum atomic E-state index is -2.03. The van der Waals surface area contributed by atoms with Gasteiger partial charge in [0.05, 0.1) is 13.0 Å². The standard InChI is InChI=1S/C17H26N4O5/c1-6-10(2)12(20-15(25)26-16(3,4)5)13(23)21-8-11(22)7-17(21,9-18)14(19)24/h10,12H,6-8H2,1-5H3,(H2,19,24)(H,20,25)/t10-,12-,17-/m0/s1. The van der Waals surface area contributed by atoms with Gasteiger partial charge in [-0.3, -0.25) is 14.4 Å². The lowest BCUT2D eigenvalue weighted by molar-refractivity contribution is -0.143. The zero-order valence-electron chi connectivity index (χ0n) is 15.8. The van der Waals surface area contributed by atoms with Gasteiger partial charge in [-0.25, -0.2) is 4.79 Å². The second-order valence-electron chi connectivity index (χ2n) is 7.49. The van der Waals surface area contributed by atoms with Crippen LogP contribution in [-0.2, 0) is 19.1 Å². The van der Waals surface area contributed by atoms with E-state index in [-0.39, 0.29) is 5.92 Å². The highest BCUT2D eigenvalue weighted by Gasteiger charge is 2.54. The lowest BCUT2D eigenvalue weighted by atomic mass is 9.93. The summed E-state index contributed by atoms with van der Waals surface area (Å²) in [5.41, 5.74) is 2.51. The smallest absolute Gasteiger partial charge is 0.408 e. The monoisotopic (exact) mass is 366 g/mol. The van der Waals surface area contributed by atoms with Crippen LogP contribution >= 0.6 is 0 Å². The van der Waals surface area contributed by atoms with Crippen molar-refractivity contribution in [3.8, 4) is 6.07 Å². The normalized spacial score (nSPS) is 22.3. The molecule has 1 rings (SSSR count). The molecule has 0 aromatic carbocycles. The Kier molecular flexibility index (Phi) is 6.36. The van der Waals surface area contributed by atoms with E-state index in [2.05, 4.69) is 5.32 Å². The van der Waals surface area contributed by atoms with Crippen LogP contribution < -0.4 is 11.1 Å². The van der Waals surface area contributed by atoms with Gasteiger partial charge in [-0.2, -0.15) is 5.26 Å². The molecule has 1 saturated heterocycles. The number of nitrogens with one attached hydrogen (secondary N) is 1. The molecule has 0 saturated carbocycles. The van der Waals surface area contributed by atoms with Crippen LogP contribution in [0.1, 0.15) is 47.5 Å². The van der Waals surface area contributed by atoms with Crippen LogP contribution in [0.3, 0.4) is 0 Å². The molecule has 3 amide bonds. The first-order chi connectivity index (χ1) is 11.9. The van der Waals surface area contributed by atoms with Gasteiger partial charge in [0.15, 0.2) is 5.78 Å². The van der Waals surface area contributed by atoms with E-state index in [1.165, 1.54) is 0 Å². The largest absolute Gasteiger partial charge is 0.444 e. The average molecular weight is 366 g/mol. The van der Waals surface area contributed by atoms with Gasteiger partial charge in [-0.05, 0) is 26.7 Å². The van der Waals surface area contributed by atoms with Crippen molar-refractivity contribution in [3.63, 3.8) is 0 Å². The molecule has 1 aliphatic heterocycles. The van der Waals surface area contributed by atoms with E-state index in [0.29, 0.717) is 6.42 Å². The number of hydrogen-bond donors (Lipinski definition) is 2. The first kappa shape index (κ1) is 21.4. The van der Waals surface area contributed by atoms with Gasteiger partial charge >= 0.3 is 6.09 Å². The summed E-state index contributed by atoms with van der Waals surface area (Å²) in [5.74, 6) is -2.55. The van der Waals surface area contributed by atoms with Crippen LogP contribution in [0.5, 0.6) is 0 Å². The van der Waals surface area contributed by atoms with Crippen LogP contribution in [0.15, 0.2) is 0 Å². The van der Waals surface area contributed by atoms with Gasteiger partial charge in [0.25, 0.3) is 5.91 Å². The third-order valence-corrected chi connectivity index (χ3v) is 4.26. The quantitative estimate of drug-likeness (QED) is 0.724. The summed E-state index contributed by atoms with van der Waals surface area (Å²) in [6.07, 6.45) is -0.725. The third kappa shape index (κ3) is 4.50. The molecule has 144 valence electrons. The summed E-state index contributed by atoms with van der Waals surface area (Å²) in [5, 5.41) is 11.9. The molecule has 0 bridgehead atoms. The second-order valence-corrected chi connectivity index (χ2v) is 7.49. The number of primary amides is 1. The van der Waals surface area contributed by atoms with E-state index >= 15 is 0 Å². The first-order valence-electron chi connectivity index (χ1n) is 8.41. The fourth-order valence-electron chi connectivity index (χ4n) is 2.67. The number of rotatable bonds is 5. The maximum Gasteiger partial charge on any atom is 0.408 e. The molecule has 9 nitrogen and oxygen atoms in total. The van der Waals surface area contributed by atoms with Crippen molar-refractivity contribution >= 4 is 23.7 Å². The number of nitriles is 1. The molecule has 1 aliphatic rings. The topological polar surface area (TPSA) is 143 Å². The molecule has 9 heteroatoms. The van der Waals surface area contributed by atoms with E-state index in [1.54, 1.807) is 33.8 Å². The van der Waals surface area contributed by atoms with Crippen molar-refractivity contribution < 1.29 is 23.9 Å². The predicted molar refractivity (Wildman–Crippen MR) is 91.5 cm³/mol. The number of nitrogens with two attached hydrogens (primary N) is 1. The van der Waals surface area contributed by atoms with E-state index in [0.717, 1.165) is 4.90 Å². The van der Waals surface area contributed by atoms with E-state index in [4.69, 9.17) is 10.5 Å². The molecule has 0 aromatic heterocycles. The Morgan fingerprint density at radius 1 is 1.42 bits per heavy atom. The van der Waals surface area contributed by atoms with Crippen molar-refractivity contribution in [2.45, 2.75) is 64.6 Å². The average Bonchev–Trinajstić information content (AvgIpc) is 2.87. The molecule has 1 heterocycles. The van der Waals surface area contributed by atoms with Crippen LogP contribution in [0.4, 0.5) is 4.79 Å². The summed E-state index contributed by atoms with van der Waals surface area (Å²) in [4.78, 5) is 49.7. The molecule has 26 heavy (non-hydrogen) atoms. The van der Waals surface area contributed by atoms with Gasteiger partial charge in [0, 0.05) is 0 Å². The number of carbonyl (C=O) groups is 4. The van der Waals surface area contributed by atoms with E-state index < -0.39 is 53.8 Å². The molecule has 0 spiro atoms. The lowest BCUT2D eigenvalue weighted by Gasteiger charge is -2.34. The minimum Gasteiger partial charge on any atom is -0.444 e. The zero-order valence-corrected chi connectivity index (χ0v) is 15.8. The Labute approximate surface area is 152 Å². The first-order valence-corrected chi connectivity index (χ1v) is 8.41. The number of alkyl carbamates (subject to hydrolysis) is 1. The predicted octanol–water partition coefficient (Wildman–Crippen LogP) is 0.475. The molecule has 1 fully saturated rings. The number of likely N-dealkylation sites (tertiary alicyclic amines) is 1. The number of ether oxygens (including phenoxy) is 1. The van der Waals surface area contributed by atoms with Crippen LogP contribution in [0, 0.1) is 17.2 Å². The number of hydrogen-bond acceptors (Lipinski definition) is 6. The van der Waals surface area contributed by atoms with Crippen molar-refractivity contribution in [2.24, 2.45) is 11.7 Å². The summed E-state index contributed by atoms with van der Waals surface area (Å²) in [6.45, 7) is 8.19. The maximum atomic E-state index is 13.0. The van der Waals surface area contributed by atoms with Crippen LogP contribution in [0.2, 0.25) is 0 Å². The Balaban J connectivity index is 3.16. The lowest BCUT2D eigenvalue weighted by Crippen LogP contribution is -2.61. The Morgan fingerprint density at radius 2 is 2.00 bits per heavy atom. The van der Waals surface area contributed by atoms with Gasteiger partial charge < -0.3 is 20.7 Å². The fourth-order valence-corrected chi connectivity index (χ4v) is 2.67. The number of ketones is 1. The number of Topliss-reactive ketones (excluding diaryl/α,β-unsaturated/α-hetero) is 1. The molecule has 3 atom stereocenters. The van der Waals surface area contributed by atoms with Gasteiger partial charge in [0.1, 0.15) is 17.7 Å². The SMILES string of the molecule is CC[C@H](C)[C@H](NC(=O)OC(C)(C)C)C(=O)N1CC(=O)C[C@]1(C#N)C(N)=O. The zero-order chi connectivity index (χ0) is 20.3. The highest BCUT2D eigenvalue weighted by molar-refractivity contribution is 6.04. The maximum absolute atomic E-state index is 13.0. The van der Waals surface area contributed by atoms with Crippen LogP contribution in [0.25, 0.3) is 0 Å². The highest BCUT2D eigenvalue weighted by atomic mass is 16.6. The van der Waals surface area contributed by atoms with Gasteiger partial charge in [0.2, 0.25) is 11.4 Å².